The minimum atomic E-state index is -0.351. The summed E-state index contributed by atoms with van der Waals surface area (Å²) in [6, 6.07) is 5.16. The molecule has 0 fully saturated rings. The number of hydrogen-bond donors (Lipinski definition) is 0. The first kappa shape index (κ1) is 8.62. The van der Waals surface area contributed by atoms with E-state index in [1.54, 1.807) is 24.4 Å². The Morgan fingerprint density at radius 1 is 1.43 bits per heavy atom. The van der Waals surface area contributed by atoms with E-state index in [4.69, 9.17) is 0 Å². The van der Waals surface area contributed by atoms with Crippen molar-refractivity contribution >= 4 is 16.9 Å². The topological polar surface area (TPSA) is 52.1 Å². The first-order chi connectivity index (χ1) is 6.81. The second kappa shape index (κ2) is 3.41. The highest BCUT2D eigenvalue weighted by atomic mass is 16.5. The van der Waals surface area contributed by atoms with Gasteiger partial charge in [-0.1, -0.05) is 0 Å². The summed E-state index contributed by atoms with van der Waals surface area (Å²) >= 11 is 0. The van der Waals surface area contributed by atoms with Crippen molar-refractivity contribution in [2.75, 3.05) is 7.11 Å². The van der Waals surface area contributed by atoms with Gasteiger partial charge in [0.15, 0.2) is 0 Å². The fourth-order valence-corrected chi connectivity index (χ4v) is 1.23. The zero-order chi connectivity index (χ0) is 9.97. The van der Waals surface area contributed by atoms with Crippen molar-refractivity contribution in [3.05, 3.63) is 36.3 Å². The summed E-state index contributed by atoms with van der Waals surface area (Å²) in [5.41, 5.74) is 1.32. The molecule has 1 aromatic heterocycles. The van der Waals surface area contributed by atoms with Crippen LogP contribution in [0.5, 0.6) is 0 Å². The number of ether oxygens (including phenoxy) is 1. The molecule has 0 aliphatic heterocycles. The van der Waals surface area contributed by atoms with Crippen LogP contribution in [0.2, 0.25) is 0 Å². The Balaban J connectivity index is 2.56. The number of esters is 1. The molecule has 0 unspecified atom stereocenters. The monoisotopic (exact) mass is 188 g/mol. The Bertz CT molecular complexity index is 482. The van der Waals surface area contributed by atoms with Gasteiger partial charge in [0.05, 0.1) is 18.2 Å². The van der Waals surface area contributed by atoms with Crippen LogP contribution in [0.15, 0.2) is 30.7 Å². The van der Waals surface area contributed by atoms with E-state index in [1.165, 1.54) is 13.4 Å². The number of rotatable bonds is 1. The van der Waals surface area contributed by atoms with Gasteiger partial charge in [-0.25, -0.2) is 14.8 Å². The van der Waals surface area contributed by atoms with Gasteiger partial charge in [-0.2, -0.15) is 0 Å². The van der Waals surface area contributed by atoms with E-state index in [9.17, 15) is 4.79 Å². The Kier molecular flexibility index (Phi) is 2.10. The van der Waals surface area contributed by atoms with Crippen molar-refractivity contribution in [3.8, 4) is 0 Å². The summed E-state index contributed by atoms with van der Waals surface area (Å²) in [6.07, 6.45) is 3.13. The lowest BCUT2D eigenvalue weighted by Gasteiger charge is -2.00. The molecule has 70 valence electrons. The van der Waals surface area contributed by atoms with E-state index < -0.39 is 0 Å². The molecule has 2 aromatic rings. The lowest BCUT2D eigenvalue weighted by atomic mass is 10.1. The quantitative estimate of drug-likeness (QED) is 0.635. The highest BCUT2D eigenvalue weighted by Crippen LogP contribution is 2.12. The predicted octanol–water partition coefficient (Wildman–Crippen LogP) is 1.42. The van der Waals surface area contributed by atoms with Crippen LogP contribution < -0.4 is 0 Å². The molecular formula is C10H8N2O2. The van der Waals surface area contributed by atoms with Gasteiger partial charge in [-0.05, 0) is 18.2 Å². The molecule has 0 bridgehead atoms. The Morgan fingerprint density at radius 3 is 3.07 bits per heavy atom. The number of carbonyl (C=O) groups excluding carboxylic acids is 1. The average molecular weight is 188 g/mol. The minimum Gasteiger partial charge on any atom is -0.465 e. The van der Waals surface area contributed by atoms with Crippen LogP contribution in [0, 0.1) is 0 Å². The Morgan fingerprint density at radius 2 is 2.29 bits per heavy atom. The fourth-order valence-electron chi connectivity index (χ4n) is 1.23. The third-order valence-corrected chi connectivity index (χ3v) is 1.93. The zero-order valence-electron chi connectivity index (χ0n) is 7.60. The smallest absolute Gasteiger partial charge is 0.337 e. The molecule has 0 atom stereocenters. The van der Waals surface area contributed by atoms with E-state index in [0.717, 1.165) is 10.9 Å². The average Bonchev–Trinajstić information content (AvgIpc) is 2.27. The number of methoxy groups -OCH3 is 1. The van der Waals surface area contributed by atoms with Gasteiger partial charge < -0.3 is 4.74 Å². The van der Waals surface area contributed by atoms with Gasteiger partial charge in [0, 0.05) is 11.6 Å². The number of benzene rings is 1. The number of aromatic nitrogens is 2. The molecule has 0 saturated heterocycles. The molecule has 0 aliphatic rings. The highest BCUT2D eigenvalue weighted by Gasteiger charge is 2.05. The Labute approximate surface area is 80.6 Å². The first-order valence-corrected chi connectivity index (χ1v) is 4.09. The maximum Gasteiger partial charge on any atom is 0.337 e. The van der Waals surface area contributed by atoms with Gasteiger partial charge in [0.1, 0.15) is 6.33 Å². The molecule has 2 rings (SSSR count). The maximum atomic E-state index is 11.2. The van der Waals surface area contributed by atoms with Gasteiger partial charge in [-0.3, -0.25) is 0 Å². The van der Waals surface area contributed by atoms with Crippen LogP contribution in [0.1, 0.15) is 10.4 Å². The summed E-state index contributed by atoms with van der Waals surface area (Å²) in [7, 11) is 1.36. The van der Waals surface area contributed by atoms with E-state index in [1.807, 2.05) is 0 Å². The molecule has 14 heavy (non-hydrogen) atoms. The largest absolute Gasteiger partial charge is 0.465 e. The molecule has 1 heterocycles. The van der Waals surface area contributed by atoms with E-state index in [2.05, 4.69) is 14.7 Å². The van der Waals surface area contributed by atoms with Crippen molar-refractivity contribution in [2.45, 2.75) is 0 Å². The van der Waals surface area contributed by atoms with Crippen molar-refractivity contribution in [3.63, 3.8) is 0 Å². The van der Waals surface area contributed by atoms with Crippen molar-refractivity contribution in [2.24, 2.45) is 0 Å². The van der Waals surface area contributed by atoms with E-state index >= 15 is 0 Å². The highest BCUT2D eigenvalue weighted by molar-refractivity contribution is 5.94. The van der Waals surface area contributed by atoms with Gasteiger partial charge in [0.2, 0.25) is 0 Å². The summed E-state index contributed by atoms with van der Waals surface area (Å²) in [5, 5.41) is 0.829. The molecular weight excluding hydrogens is 180 g/mol. The van der Waals surface area contributed by atoms with Crippen LogP contribution in [-0.2, 0) is 4.74 Å². The molecule has 0 N–H and O–H groups in total. The van der Waals surface area contributed by atoms with Crippen LogP contribution in [-0.4, -0.2) is 23.0 Å². The fraction of sp³-hybridized carbons (Fsp3) is 0.100. The molecule has 0 aliphatic carbocycles. The lowest BCUT2D eigenvalue weighted by Crippen LogP contribution is -2.00. The molecule has 0 spiro atoms. The molecule has 0 radical (unpaired) electrons. The van der Waals surface area contributed by atoms with Crippen LogP contribution in [0.3, 0.4) is 0 Å². The number of nitrogens with zero attached hydrogens (tertiary/aromatic N) is 2. The van der Waals surface area contributed by atoms with E-state index in [0.29, 0.717) is 5.56 Å². The Hall–Kier alpha value is -1.97. The van der Waals surface area contributed by atoms with Crippen molar-refractivity contribution in [1.29, 1.82) is 0 Å². The standard InChI is InChI=1S/C10H8N2O2/c1-14-10(13)7-2-3-9-8(4-7)5-11-6-12-9/h2-6H,1H3. The number of fused-ring (bicyclic) bond motifs is 1. The van der Waals surface area contributed by atoms with E-state index in [-0.39, 0.29) is 5.97 Å². The first-order valence-electron chi connectivity index (χ1n) is 4.09. The molecule has 4 nitrogen and oxygen atoms in total. The van der Waals surface area contributed by atoms with Crippen molar-refractivity contribution in [1.82, 2.24) is 9.97 Å². The third-order valence-electron chi connectivity index (χ3n) is 1.93. The summed E-state index contributed by atoms with van der Waals surface area (Å²) < 4.78 is 4.61. The second-order valence-electron chi connectivity index (χ2n) is 2.79. The molecule has 0 amide bonds. The normalized spacial score (nSPS) is 10.1. The minimum absolute atomic E-state index is 0.351. The van der Waals surface area contributed by atoms with Crippen molar-refractivity contribution < 1.29 is 9.53 Å². The van der Waals surface area contributed by atoms with Gasteiger partial charge >= 0.3 is 5.97 Å². The second-order valence-corrected chi connectivity index (χ2v) is 2.79. The number of hydrogen-bond acceptors (Lipinski definition) is 4. The molecule has 1 aromatic carbocycles. The van der Waals surface area contributed by atoms with Gasteiger partial charge in [-0.15, -0.1) is 0 Å². The van der Waals surface area contributed by atoms with Crippen LogP contribution in [0.25, 0.3) is 10.9 Å². The molecule has 4 heteroatoms. The SMILES string of the molecule is COC(=O)c1ccc2ncncc2c1. The molecule has 0 saturated carbocycles. The predicted molar refractivity (Wildman–Crippen MR) is 50.9 cm³/mol. The summed E-state index contributed by atoms with van der Waals surface area (Å²) in [5.74, 6) is -0.351. The zero-order valence-corrected chi connectivity index (χ0v) is 7.60. The van der Waals surface area contributed by atoms with Gasteiger partial charge in [0.25, 0.3) is 0 Å². The van der Waals surface area contributed by atoms with Crippen LogP contribution >= 0.6 is 0 Å². The lowest BCUT2D eigenvalue weighted by molar-refractivity contribution is 0.0601. The van der Waals surface area contributed by atoms with Crippen LogP contribution in [0.4, 0.5) is 0 Å². The summed E-state index contributed by atoms with van der Waals surface area (Å²) in [6.45, 7) is 0. The maximum absolute atomic E-state index is 11.2. The number of carbonyl (C=O) groups is 1. The summed E-state index contributed by atoms with van der Waals surface area (Å²) in [4.78, 5) is 19.1. The third kappa shape index (κ3) is 1.42.